The molecule has 1 aliphatic carbocycles. The molecule has 1 saturated carbocycles. The number of nitrogens with zero attached hydrogens (tertiary/aromatic N) is 4. The van der Waals surface area contributed by atoms with Crippen molar-refractivity contribution < 1.29 is 9.53 Å². The number of aromatic nitrogens is 2. The standard InChI is InChI=1S/C25H31N5O2/c1-3-29-20-13-17(9-11-22(20)32-16-24(29)31)25-21(15-28(2)19-7-5-4-6-8-19)30-14-18(26)10-12-23(30)27-25/h9-14,19H,3-8,15-16,26H2,1-2H3. The van der Waals surface area contributed by atoms with Crippen LogP contribution in [0.3, 0.4) is 0 Å². The number of benzene rings is 1. The number of hydrogen-bond donors (Lipinski definition) is 1. The van der Waals surface area contributed by atoms with Crippen molar-refractivity contribution in [3.8, 4) is 17.0 Å². The van der Waals surface area contributed by atoms with E-state index in [2.05, 4.69) is 16.3 Å². The molecule has 1 amide bonds. The van der Waals surface area contributed by atoms with Gasteiger partial charge in [-0.3, -0.25) is 9.69 Å². The van der Waals surface area contributed by atoms with E-state index in [1.807, 2.05) is 43.5 Å². The number of carbonyl (C=O) groups excluding carboxylic acids is 1. The molecule has 2 aliphatic rings. The van der Waals surface area contributed by atoms with E-state index in [4.69, 9.17) is 15.5 Å². The van der Waals surface area contributed by atoms with E-state index in [9.17, 15) is 4.79 Å². The Labute approximate surface area is 188 Å². The van der Waals surface area contributed by atoms with Crippen LogP contribution in [-0.4, -0.2) is 46.4 Å². The third-order valence-electron chi connectivity index (χ3n) is 6.83. The van der Waals surface area contributed by atoms with Gasteiger partial charge in [0.15, 0.2) is 6.61 Å². The van der Waals surface area contributed by atoms with E-state index >= 15 is 0 Å². The molecule has 0 radical (unpaired) electrons. The van der Waals surface area contributed by atoms with Crippen LogP contribution in [0.5, 0.6) is 5.75 Å². The average molecular weight is 434 g/mol. The maximum absolute atomic E-state index is 12.4. The van der Waals surface area contributed by atoms with Gasteiger partial charge < -0.3 is 19.8 Å². The van der Waals surface area contributed by atoms with Crippen LogP contribution >= 0.6 is 0 Å². The summed E-state index contributed by atoms with van der Waals surface area (Å²) in [6.45, 7) is 3.47. The molecule has 0 atom stereocenters. The largest absolute Gasteiger partial charge is 0.482 e. The van der Waals surface area contributed by atoms with Crippen LogP contribution in [0, 0.1) is 0 Å². The molecular formula is C25H31N5O2. The second-order valence-electron chi connectivity index (χ2n) is 8.91. The van der Waals surface area contributed by atoms with Crippen molar-refractivity contribution in [2.24, 2.45) is 0 Å². The Morgan fingerprint density at radius 1 is 1.19 bits per heavy atom. The molecule has 0 spiro atoms. The highest BCUT2D eigenvalue weighted by atomic mass is 16.5. The zero-order chi connectivity index (χ0) is 22.2. The second kappa shape index (κ2) is 8.47. The van der Waals surface area contributed by atoms with Gasteiger partial charge in [0.05, 0.1) is 17.1 Å². The topological polar surface area (TPSA) is 76.1 Å². The number of carbonyl (C=O) groups is 1. The van der Waals surface area contributed by atoms with E-state index in [1.165, 1.54) is 32.1 Å². The maximum atomic E-state index is 12.4. The summed E-state index contributed by atoms with van der Waals surface area (Å²) >= 11 is 0. The zero-order valence-electron chi connectivity index (χ0n) is 18.9. The summed E-state index contributed by atoms with van der Waals surface area (Å²) in [6, 6.07) is 10.5. The molecule has 1 aliphatic heterocycles. The Morgan fingerprint density at radius 2 is 2.00 bits per heavy atom. The zero-order valence-corrected chi connectivity index (χ0v) is 18.9. The number of rotatable bonds is 5. The smallest absolute Gasteiger partial charge is 0.265 e. The Morgan fingerprint density at radius 3 is 2.78 bits per heavy atom. The molecule has 2 N–H and O–H groups in total. The SMILES string of the molecule is CCN1C(=O)COc2ccc(-c3nc4ccc(N)cn4c3CN(C)C3CCCCC3)cc21. The number of amides is 1. The fourth-order valence-electron chi connectivity index (χ4n) is 5.08. The van der Waals surface area contributed by atoms with Crippen LogP contribution in [0.1, 0.15) is 44.7 Å². The van der Waals surface area contributed by atoms with Gasteiger partial charge in [0.2, 0.25) is 0 Å². The summed E-state index contributed by atoms with van der Waals surface area (Å²) in [6.07, 6.45) is 8.38. The predicted octanol–water partition coefficient (Wildman–Crippen LogP) is 4.09. The highest BCUT2D eigenvalue weighted by Crippen LogP contribution is 2.37. The number of anilines is 2. The minimum Gasteiger partial charge on any atom is -0.482 e. The highest BCUT2D eigenvalue weighted by molar-refractivity contribution is 5.98. The normalized spacial score (nSPS) is 17.1. The third-order valence-corrected chi connectivity index (χ3v) is 6.83. The molecule has 32 heavy (non-hydrogen) atoms. The van der Waals surface area contributed by atoms with Crippen LogP contribution in [-0.2, 0) is 11.3 Å². The maximum Gasteiger partial charge on any atom is 0.265 e. The van der Waals surface area contributed by atoms with Gasteiger partial charge in [0.25, 0.3) is 5.91 Å². The minimum absolute atomic E-state index is 0.0165. The lowest BCUT2D eigenvalue weighted by Gasteiger charge is -2.31. The Hall–Kier alpha value is -3.06. The lowest BCUT2D eigenvalue weighted by Crippen LogP contribution is -2.38. The van der Waals surface area contributed by atoms with E-state index in [-0.39, 0.29) is 12.5 Å². The third kappa shape index (κ3) is 3.71. The average Bonchev–Trinajstić information content (AvgIpc) is 3.16. The summed E-state index contributed by atoms with van der Waals surface area (Å²) in [5.74, 6) is 0.723. The summed E-state index contributed by atoms with van der Waals surface area (Å²) in [4.78, 5) is 21.6. The second-order valence-corrected chi connectivity index (χ2v) is 8.91. The number of imidazole rings is 1. The summed E-state index contributed by atoms with van der Waals surface area (Å²) in [5, 5.41) is 0. The van der Waals surface area contributed by atoms with Crippen molar-refractivity contribution in [2.75, 3.05) is 30.8 Å². The van der Waals surface area contributed by atoms with Crippen molar-refractivity contribution in [3.05, 3.63) is 42.2 Å². The van der Waals surface area contributed by atoms with Crippen LogP contribution in [0.4, 0.5) is 11.4 Å². The van der Waals surface area contributed by atoms with Crippen molar-refractivity contribution in [1.29, 1.82) is 0 Å². The van der Waals surface area contributed by atoms with Crippen LogP contribution in [0.25, 0.3) is 16.9 Å². The molecule has 168 valence electrons. The van der Waals surface area contributed by atoms with Crippen molar-refractivity contribution >= 4 is 22.9 Å². The molecular weight excluding hydrogens is 402 g/mol. The molecule has 0 unspecified atom stereocenters. The van der Waals surface area contributed by atoms with E-state index in [0.29, 0.717) is 18.3 Å². The first kappa shape index (κ1) is 20.8. The van der Waals surface area contributed by atoms with Gasteiger partial charge >= 0.3 is 0 Å². The molecule has 5 rings (SSSR count). The fourth-order valence-corrected chi connectivity index (χ4v) is 5.08. The first-order valence-electron chi connectivity index (χ1n) is 11.6. The number of ether oxygens (including phenoxy) is 1. The number of nitrogen functional groups attached to an aromatic ring is 1. The molecule has 3 heterocycles. The summed E-state index contributed by atoms with van der Waals surface area (Å²) < 4.78 is 7.78. The Bertz CT molecular complexity index is 1150. The molecule has 0 bridgehead atoms. The first-order valence-corrected chi connectivity index (χ1v) is 11.6. The molecule has 7 heteroatoms. The fraction of sp³-hybridized carbons (Fsp3) is 0.440. The van der Waals surface area contributed by atoms with Gasteiger partial charge in [-0.15, -0.1) is 0 Å². The van der Waals surface area contributed by atoms with Gasteiger partial charge in [-0.2, -0.15) is 0 Å². The number of hydrogen-bond acceptors (Lipinski definition) is 5. The van der Waals surface area contributed by atoms with E-state index < -0.39 is 0 Å². The van der Waals surface area contributed by atoms with Crippen molar-refractivity contribution in [3.63, 3.8) is 0 Å². The number of nitrogens with two attached hydrogens (primary N) is 1. The van der Waals surface area contributed by atoms with Crippen molar-refractivity contribution in [2.45, 2.75) is 51.6 Å². The Balaban J connectivity index is 1.59. The summed E-state index contributed by atoms with van der Waals surface area (Å²) in [5.41, 5.74) is 11.6. The lowest BCUT2D eigenvalue weighted by atomic mass is 9.94. The van der Waals surface area contributed by atoms with Gasteiger partial charge in [-0.25, -0.2) is 4.98 Å². The van der Waals surface area contributed by atoms with Crippen LogP contribution in [0.2, 0.25) is 0 Å². The van der Waals surface area contributed by atoms with Crippen LogP contribution in [0.15, 0.2) is 36.5 Å². The van der Waals surface area contributed by atoms with Gasteiger partial charge in [0.1, 0.15) is 11.4 Å². The number of pyridine rings is 1. The molecule has 3 aromatic rings. The van der Waals surface area contributed by atoms with E-state index in [1.54, 1.807) is 4.90 Å². The molecule has 1 fully saturated rings. The molecule has 7 nitrogen and oxygen atoms in total. The van der Waals surface area contributed by atoms with Crippen molar-refractivity contribution in [1.82, 2.24) is 14.3 Å². The quantitative estimate of drug-likeness (QED) is 0.656. The predicted molar refractivity (Wildman–Crippen MR) is 127 cm³/mol. The van der Waals surface area contributed by atoms with E-state index in [0.717, 1.165) is 40.6 Å². The monoisotopic (exact) mass is 433 g/mol. The molecule has 2 aromatic heterocycles. The van der Waals surface area contributed by atoms with Gasteiger partial charge in [-0.1, -0.05) is 19.3 Å². The molecule has 1 aromatic carbocycles. The summed E-state index contributed by atoms with van der Waals surface area (Å²) in [7, 11) is 2.21. The lowest BCUT2D eigenvalue weighted by molar-refractivity contribution is -0.121. The first-order chi connectivity index (χ1) is 15.5. The number of likely N-dealkylation sites (N-methyl/N-ethyl adjacent to an activating group) is 1. The van der Waals surface area contributed by atoms with Crippen LogP contribution < -0.4 is 15.4 Å². The molecule has 0 saturated heterocycles. The van der Waals surface area contributed by atoms with Gasteiger partial charge in [-0.05, 0) is 57.1 Å². The number of fused-ring (bicyclic) bond motifs is 2. The highest BCUT2D eigenvalue weighted by Gasteiger charge is 2.26. The van der Waals surface area contributed by atoms with Gasteiger partial charge in [0, 0.05) is 36.6 Å². The Kier molecular flexibility index (Phi) is 5.51. The minimum atomic E-state index is -0.0165.